The van der Waals surface area contributed by atoms with E-state index in [0.717, 1.165) is 12.0 Å². The van der Waals surface area contributed by atoms with Crippen molar-refractivity contribution in [3.8, 4) is 0 Å². The van der Waals surface area contributed by atoms with Crippen LogP contribution in [0.1, 0.15) is 18.9 Å². The Hall–Kier alpha value is -0.930. The van der Waals surface area contributed by atoms with Gasteiger partial charge in [-0.1, -0.05) is 18.2 Å². The summed E-state index contributed by atoms with van der Waals surface area (Å²) in [5.41, 5.74) is 6.35. The van der Waals surface area contributed by atoms with Crippen LogP contribution in [0.4, 0.5) is 4.39 Å². The molecule has 0 bridgehead atoms. The Bertz CT molecular complexity index is 347. The van der Waals surface area contributed by atoms with E-state index in [1.807, 2.05) is 19.1 Å². The fourth-order valence-corrected chi connectivity index (χ4v) is 2.24. The van der Waals surface area contributed by atoms with Crippen molar-refractivity contribution in [2.75, 3.05) is 13.2 Å². The molecule has 1 atom stereocenters. The minimum atomic E-state index is -0.195. The van der Waals surface area contributed by atoms with Crippen LogP contribution < -0.4 is 5.73 Å². The summed E-state index contributed by atoms with van der Waals surface area (Å²) in [6.07, 6.45) is 0.772. The molecule has 2 N–H and O–H groups in total. The molecule has 0 saturated carbocycles. The largest absolute Gasteiger partial charge is 0.379 e. The van der Waals surface area contributed by atoms with Gasteiger partial charge in [0.2, 0.25) is 0 Å². The molecular formula is C12H16FNO. The van der Waals surface area contributed by atoms with Crippen molar-refractivity contribution in [1.82, 2.24) is 0 Å². The molecule has 1 aromatic carbocycles. The summed E-state index contributed by atoms with van der Waals surface area (Å²) in [5, 5.41) is 0. The lowest BCUT2D eigenvalue weighted by Gasteiger charge is -2.43. The van der Waals surface area contributed by atoms with Crippen molar-refractivity contribution in [2.24, 2.45) is 5.73 Å². The fraction of sp³-hybridized carbons (Fsp3) is 0.500. The van der Waals surface area contributed by atoms with E-state index >= 15 is 0 Å². The minimum Gasteiger partial charge on any atom is -0.379 e. The average molecular weight is 209 g/mol. The normalized spacial score (nSPS) is 20.7. The Morgan fingerprint density at radius 3 is 2.60 bits per heavy atom. The lowest BCUT2D eigenvalue weighted by molar-refractivity contribution is -0.0681. The number of halogens is 1. The van der Waals surface area contributed by atoms with E-state index in [9.17, 15) is 4.39 Å². The second-order valence-corrected chi connectivity index (χ2v) is 4.43. The van der Waals surface area contributed by atoms with Gasteiger partial charge in [0.1, 0.15) is 5.82 Å². The van der Waals surface area contributed by atoms with Crippen molar-refractivity contribution in [2.45, 2.75) is 24.8 Å². The van der Waals surface area contributed by atoms with E-state index < -0.39 is 0 Å². The number of hydrogen-bond acceptors (Lipinski definition) is 2. The Morgan fingerprint density at radius 1 is 1.47 bits per heavy atom. The topological polar surface area (TPSA) is 35.2 Å². The zero-order valence-electron chi connectivity index (χ0n) is 8.87. The first kappa shape index (κ1) is 10.6. The third kappa shape index (κ3) is 1.90. The number of ether oxygens (including phenoxy) is 1. The maximum absolute atomic E-state index is 13.7. The predicted octanol–water partition coefficient (Wildman–Crippen LogP) is 1.83. The monoisotopic (exact) mass is 209 g/mol. The molecule has 1 aromatic rings. The van der Waals surface area contributed by atoms with Crippen molar-refractivity contribution in [3.63, 3.8) is 0 Å². The zero-order valence-corrected chi connectivity index (χ0v) is 8.87. The van der Waals surface area contributed by atoms with Gasteiger partial charge in [0, 0.05) is 11.5 Å². The van der Waals surface area contributed by atoms with Crippen LogP contribution in [0.2, 0.25) is 0 Å². The molecule has 0 aromatic heterocycles. The summed E-state index contributed by atoms with van der Waals surface area (Å²) in [6.45, 7) is 3.10. The highest BCUT2D eigenvalue weighted by molar-refractivity contribution is 5.29. The van der Waals surface area contributed by atoms with E-state index in [0.29, 0.717) is 13.2 Å². The molecule has 15 heavy (non-hydrogen) atoms. The molecule has 2 nitrogen and oxygen atoms in total. The number of rotatable bonds is 3. The summed E-state index contributed by atoms with van der Waals surface area (Å²) >= 11 is 0. The molecule has 1 aliphatic rings. The molecule has 0 amide bonds. The fourth-order valence-electron chi connectivity index (χ4n) is 2.24. The first-order valence-corrected chi connectivity index (χ1v) is 5.22. The highest BCUT2D eigenvalue weighted by Gasteiger charge is 2.42. The van der Waals surface area contributed by atoms with Crippen LogP contribution in [-0.4, -0.2) is 19.3 Å². The molecule has 1 fully saturated rings. The van der Waals surface area contributed by atoms with Crippen molar-refractivity contribution in [1.29, 1.82) is 0 Å². The summed E-state index contributed by atoms with van der Waals surface area (Å²) < 4.78 is 18.9. The molecule has 0 radical (unpaired) electrons. The first-order chi connectivity index (χ1) is 7.14. The van der Waals surface area contributed by atoms with Gasteiger partial charge in [0.15, 0.2) is 0 Å². The Labute approximate surface area is 89.2 Å². The standard InChI is InChI=1S/C12H16FNO/c1-9(14)6-12(7-15-8-12)10-4-2-3-5-11(10)13/h2-5,9H,6-8,14H2,1H3. The second kappa shape index (κ2) is 3.91. The minimum absolute atomic E-state index is 0.0634. The van der Waals surface area contributed by atoms with Gasteiger partial charge >= 0.3 is 0 Å². The molecule has 2 rings (SSSR count). The molecule has 1 unspecified atom stereocenters. The van der Waals surface area contributed by atoms with Crippen molar-refractivity contribution < 1.29 is 9.13 Å². The summed E-state index contributed by atoms with van der Waals surface area (Å²) in [5.74, 6) is -0.151. The molecule has 3 heteroatoms. The average Bonchev–Trinajstić information content (AvgIpc) is 2.12. The number of hydrogen-bond donors (Lipinski definition) is 1. The SMILES string of the molecule is CC(N)CC1(c2ccccc2F)COC1. The molecule has 0 aliphatic carbocycles. The van der Waals surface area contributed by atoms with Crippen LogP contribution in [0.25, 0.3) is 0 Å². The number of benzene rings is 1. The Kier molecular flexibility index (Phi) is 2.76. The van der Waals surface area contributed by atoms with Crippen molar-refractivity contribution in [3.05, 3.63) is 35.6 Å². The zero-order chi connectivity index (χ0) is 10.9. The quantitative estimate of drug-likeness (QED) is 0.824. The van der Waals surface area contributed by atoms with Gasteiger partial charge in [0.25, 0.3) is 0 Å². The summed E-state index contributed by atoms with van der Waals surface area (Å²) in [6, 6.07) is 6.96. The lowest BCUT2D eigenvalue weighted by atomic mass is 9.74. The Balaban J connectivity index is 2.30. The van der Waals surface area contributed by atoms with Crippen LogP contribution in [0.15, 0.2) is 24.3 Å². The van der Waals surface area contributed by atoms with Gasteiger partial charge in [-0.05, 0) is 25.0 Å². The van der Waals surface area contributed by atoms with Crippen LogP contribution in [-0.2, 0) is 10.2 Å². The van der Waals surface area contributed by atoms with E-state index in [1.165, 1.54) is 6.07 Å². The maximum atomic E-state index is 13.7. The van der Waals surface area contributed by atoms with Crippen LogP contribution in [0.5, 0.6) is 0 Å². The van der Waals surface area contributed by atoms with Crippen molar-refractivity contribution >= 4 is 0 Å². The maximum Gasteiger partial charge on any atom is 0.127 e. The van der Waals surface area contributed by atoms with Crippen LogP contribution >= 0.6 is 0 Å². The Morgan fingerprint density at radius 2 is 2.13 bits per heavy atom. The van der Waals surface area contributed by atoms with E-state index in [4.69, 9.17) is 10.5 Å². The predicted molar refractivity (Wildman–Crippen MR) is 57.2 cm³/mol. The smallest absolute Gasteiger partial charge is 0.127 e. The molecule has 0 spiro atoms. The van der Waals surface area contributed by atoms with E-state index in [-0.39, 0.29) is 17.3 Å². The van der Waals surface area contributed by atoms with Crippen LogP contribution in [0, 0.1) is 5.82 Å². The summed E-state index contributed by atoms with van der Waals surface area (Å²) in [7, 11) is 0. The molecule has 1 heterocycles. The highest BCUT2D eigenvalue weighted by Crippen LogP contribution is 2.37. The molecule has 1 saturated heterocycles. The lowest BCUT2D eigenvalue weighted by Crippen LogP contribution is -2.50. The number of nitrogens with two attached hydrogens (primary N) is 1. The van der Waals surface area contributed by atoms with E-state index in [1.54, 1.807) is 6.07 Å². The molecular weight excluding hydrogens is 193 g/mol. The van der Waals surface area contributed by atoms with Gasteiger partial charge in [-0.3, -0.25) is 0 Å². The molecule has 82 valence electrons. The van der Waals surface area contributed by atoms with E-state index in [2.05, 4.69) is 0 Å². The van der Waals surface area contributed by atoms with Gasteiger partial charge in [-0.2, -0.15) is 0 Å². The van der Waals surface area contributed by atoms with Gasteiger partial charge < -0.3 is 10.5 Å². The van der Waals surface area contributed by atoms with Gasteiger partial charge in [-0.25, -0.2) is 4.39 Å². The molecule has 1 aliphatic heterocycles. The third-order valence-corrected chi connectivity index (χ3v) is 2.91. The van der Waals surface area contributed by atoms with Gasteiger partial charge in [0.05, 0.1) is 13.2 Å². The second-order valence-electron chi connectivity index (χ2n) is 4.43. The first-order valence-electron chi connectivity index (χ1n) is 5.22. The highest BCUT2D eigenvalue weighted by atomic mass is 19.1. The third-order valence-electron chi connectivity index (χ3n) is 2.91. The van der Waals surface area contributed by atoms with Crippen LogP contribution in [0.3, 0.4) is 0 Å². The summed E-state index contributed by atoms with van der Waals surface area (Å²) in [4.78, 5) is 0. The van der Waals surface area contributed by atoms with Gasteiger partial charge in [-0.15, -0.1) is 0 Å².